The van der Waals surface area contributed by atoms with Gasteiger partial charge in [0.05, 0.1) is 0 Å². The first-order chi connectivity index (χ1) is 7.50. The van der Waals surface area contributed by atoms with E-state index in [-0.39, 0.29) is 5.82 Å². The Morgan fingerprint density at radius 1 is 1.44 bits per heavy atom. The molecule has 4 N–H and O–H groups in total. The van der Waals surface area contributed by atoms with E-state index >= 15 is 0 Å². The third kappa shape index (κ3) is 3.04. The van der Waals surface area contributed by atoms with Crippen molar-refractivity contribution in [2.75, 3.05) is 13.1 Å². The van der Waals surface area contributed by atoms with E-state index in [1.165, 1.54) is 0 Å². The van der Waals surface area contributed by atoms with Crippen molar-refractivity contribution in [3.63, 3.8) is 0 Å². The van der Waals surface area contributed by atoms with Gasteiger partial charge in [-0.1, -0.05) is 0 Å². The molecule has 1 aromatic rings. The van der Waals surface area contributed by atoms with Crippen LogP contribution in [-0.2, 0) is 9.59 Å². The number of aromatic nitrogens is 3. The Labute approximate surface area is 89.3 Å². The van der Waals surface area contributed by atoms with Crippen LogP contribution in [0.25, 0.3) is 0 Å². The molecule has 0 fully saturated rings. The SMILES string of the molecule is NC(=O)CN(CC(=O)O)C(=O)c1ncn[nH]1. The van der Waals surface area contributed by atoms with Crippen molar-refractivity contribution < 1.29 is 19.5 Å². The zero-order valence-corrected chi connectivity index (χ0v) is 8.08. The average Bonchev–Trinajstić information content (AvgIpc) is 2.66. The average molecular weight is 227 g/mol. The van der Waals surface area contributed by atoms with Gasteiger partial charge in [-0.05, 0) is 0 Å². The normalized spacial score (nSPS) is 9.75. The molecule has 0 aliphatic heterocycles. The molecule has 1 aromatic heterocycles. The van der Waals surface area contributed by atoms with Gasteiger partial charge >= 0.3 is 5.97 Å². The summed E-state index contributed by atoms with van der Waals surface area (Å²) in [6.07, 6.45) is 1.09. The van der Waals surface area contributed by atoms with Gasteiger partial charge in [-0.2, -0.15) is 5.10 Å². The second kappa shape index (κ2) is 4.87. The Morgan fingerprint density at radius 2 is 2.12 bits per heavy atom. The van der Waals surface area contributed by atoms with Crippen molar-refractivity contribution in [2.45, 2.75) is 0 Å². The fraction of sp³-hybridized carbons (Fsp3) is 0.286. The minimum absolute atomic E-state index is 0.150. The lowest BCUT2D eigenvalue weighted by Gasteiger charge is -2.16. The summed E-state index contributed by atoms with van der Waals surface area (Å²) in [5.41, 5.74) is 4.89. The number of nitrogens with two attached hydrogens (primary N) is 1. The van der Waals surface area contributed by atoms with Gasteiger partial charge in [0, 0.05) is 0 Å². The first-order valence-corrected chi connectivity index (χ1v) is 4.15. The van der Waals surface area contributed by atoms with Crippen LogP contribution in [0.3, 0.4) is 0 Å². The smallest absolute Gasteiger partial charge is 0.323 e. The molecule has 0 aromatic carbocycles. The largest absolute Gasteiger partial charge is 0.480 e. The van der Waals surface area contributed by atoms with Gasteiger partial charge in [-0.15, -0.1) is 0 Å². The number of nitrogens with zero attached hydrogens (tertiary/aromatic N) is 3. The molecule has 0 radical (unpaired) electrons. The monoisotopic (exact) mass is 227 g/mol. The van der Waals surface area contributed by atoms with Crippen LogP contribution in [-0.4, -0.2) is 56.1 Å². The lowest BCUT2D eigenvalue weighted by atomic mass is 10.4. The topological polar surface area (TPSA) is 142 Å². The van der Waals surface area contributed by atoms with Crippen molar-refractivity contribution >= 4 is 17.8 Å². The van der Waals surface area contributed by atoms with Crippen LogP contribution in [0.4, 0.5) is 0 Å². The van der Waals surface area contributed by atoms with E-state index < -0.39 is 30.9 Å². The van der Waals surface area contributed by atoms with E-state index in [4.69, 9.17) is 10.8 Å². The molecule has 0 bridgehead atoms. The van der Waals surface area contributed by atoms with Gasteiger partial charge in [0.1, 0.15) is 19.4 Å². The van der Waals surface area contributed by atoms with Gasteiger partial charge in [0.15, 0.2) is 0 Å². The highest BCUT2D eigenvalue weighted by molar-refractivity contribution is 5.94. The quantitative estimate of drug-likeness (QED) is 0.521. The predicted molar refractivity (Wildman–Crippen MR) is 49.1 cm³/mol. The van der Waals surface area contributed by atoms with Crippen LogP contribution in [0.5, 0.6) is 0 Å². The number of rotatable bonds is 5. The third-order valence-corrected chi connectivity index (χ3v) is 1.58. The molecule has 0 saturated heterocycles. The van der Waals surface area contributed by atoms with Crippen LogP contribution in [0.15, 0.2) is 6.33 Å². The number of carbonyl (C=O) groups excluding carboxylic acids is 2. The number of carboxylic acid groups (broad SMARTS) is 1. The van der Waals surface area contributed by atoms with E-state index in [9.17, 15) is 14.4 Å². The number of nitrogens with one attached hydrogen (secondary N) is 1. The number of amides is 2. The molecule has 1 rings (SSSR count). The Kier molecular flexibility index (Phi) is 3.53. The predicted octanol–water partition coefficient (Wildman–Crippen LogP) is -2.18. The first kappa shape index (κ1) is 11.6. The molecular weight excluding hydrogens is 218 g/mol. The zero-order chi connectivity index (χ0) is 12.1. The lowest BCUT2D eigenvalue weighted by Crippen LogP contribution is -2.41. The molecule has 0 aliphatic rings. The van der Waals surface area contributed by atoms with Crippen molar-refractivity contribution in [1.82, 2.24) is 20.1 Å². The highest BCUT2D eigenvalue weighted by Crippen LogP contribution is 1.97. The second-order valence-corrected chi connectivity index (χ2v) is 2.86. The number of carbonyl (C=O) groups is 3. The van der Waals surface area contributed by atoms with Gasteiger partial charge in [0.25, 0.3) is 5.91 Å². The molecule has 0 saturated carbocycles. The minimum atomic E-state index is -1.26. The van der Waals surface area contributed by atoms with Gasteiger partial charge in [-0.25, -0.2) is 4.98 Å². The summed E-state index contributed by atoms with van der Waals surface area (Å²) in [6.45, 7) is -1.13. The fourth-order valence-corrected chi connectivity index (χ4v) is 1.01. The highest BCUT2D eigenvalue weighted by Gasteiger charge is 2.22. The van der Waals surface area contributed by atoms with Crippen molar-refractivity contribution in [2.24, 2.45) is 5.73 Å². The number of aliphatic carboxylic acids is 1. The highest BCUT2D eigenvalue weighted by atomic mass is 16.4. The molecule has 1 heterocycles. The van der Waals surface area contributed by atoms with Crippen LogP contribution in [0, 0.1) is 0 Å². The molecule has 0 aliphatic carbocycles. The molecule has 0 atom stereocenters. The maximum atomic E-state index is 11.6. The summed E-state index contributed by atoms with van der Waals surface area (Å²) >= 11 is 0. The number of carboxylic acids is 1. The van der Waals surface area contributed by atoms with Crippen molar-refractivity contribution in [3.8, 4) is 0 Å². The van der Waals surface area contributed by atoms with E-state index in [0.29, 0.717) is 0 Å². The second-order valence-electron chi connectivity index (χ2n) is 2.86. The maximum Gasteiger partial charge on any atom is 0.323 e. The Balaban J connectivity index is 2.79. The molecule has 0 spiro atoms. The third-order valence-electron chi connectivity index (χ3n) is 1.58. The van der Waals surface area contributed by atoms with Crippen LogP contribution in [0.2, 0.25) is 0 Å². The number of aromatic amines is 1. The Bertz CT molecular complexity index is 385. The summed E-state index contributed by atoms with van der Waals surface area (Å²) in [6, 6.07) is 0. The Hall–Kier alpha value is -2.45. The Morgan fingerprint density at radius 3 is 2.56 bits per heavy atom. The number of primary amides is 1. The minimum Gasteiger partial charge on any atom is -0.480 e. The summed E-state index contributed by atoms with van der Waals surface area (Å²) in [5.74, 6) is -2.97. The molecule has 0 unspecified atom stereocenters. The fourth-order valence-electron chi connectivity index (χ4n) is 1.01. The van der Waals surface area contributed by atoms with E-state index in [2.05, 4.69) is 15.2 Å². The molecule has 9 nitrogen and oxygen atoms in total. The molecular formula is C7H9N5O4. The van der Waals surface area contributed by atoms with Crippen LogP contribution < -0.4 is 5.73 Å². The van der Waals surface area contributed by atoms with Crippen LogP contribution in [0.1, 0.15) is 10.6 Å². The number of H-pyrrole nitrogens is 1. The first-order valence-electron chi connectivity index (χ1n) is 4.15. The molecule has 2 amide bonds. The zero-order valence-electron chi connectivity index (χ0n) is 8.08. The van der Waals surface area contributed by atoms with Gasteiger partial charge in [0.2, 0.25) is 11.7 Å². The molecule has 16 heavy (non-hydrogen) atoms. The molecule has 86 valence electrons. The lowest BCUT2D eigenvalue weighted by molar-refractivity contribution is -0.138. The standard InChI is InChI=1S/C7H9N5O4/c8-4(13)1-12(2-5(14)15)7(16)6-9-3-10-11-6/h3H,1-2H2,(H2,8,13)(H,14,15)(H,9,10,11). The summed E-state index contributed by atoms with van der Waals surface area (Å²) < 4.78 is 0. The number of hydrogen-bond acceptors (Lipinski definition) is 5. The summed E-state index contributed by atoms with van der Waals surface area (Å²) in [4.78, 5) is 37.0. The maximum absolute atomic E-state index is 11.6. The van der Waals surface area contributed by atoms with Gasteiger partial charge < -0.3 is 15.7 Å². The van der Waals surface area contributed by atoms with Crippen molar-refractivity contribution in [3.05, 3.63) is 12.2 Å². The van der Waals surface area contributed by atoms with Gasteiger partial charge in [-0.3, -0.25) is 19.5 Å². The number of hydrogen-bond donors (Lipinski definition) is 3. The van der Waals surface area contributed by atoms with E-state index in [1.54, 1.807) is 0 Å². The summed E-state index contributed by atoms with van der Waals surface area (Å²) in [7, 11) is 0. The van der Waals surface area contributed by atoms with Crippen molar-refractivity contribution in [1.29, 1.82) is 0 Å². The molecule has 9 heteroatoms. The summed E-state index contributed by atoms with van der Waals surface area (Å²) in [5, 5.41) is 14.3. The van der Waals surface area contributed by atoms with E-state index in [0.717, 1.165) is 11.2 Å². The van der Waals surface area contributed by atoms with E-state index in [1.807, 2.05) is 0 Å². The van der Waals surface area contributed by atoms with Crippen LogP contribution >= 0.6 is 0 Å².